The fourth-order valence-corrected chi connectivity index (χ4v) is 3.69. The first-order chi connectivity index (χ1) is 7.95. The van der Waals surface area contributed by atoms with Crippen molar-refractivity contribution in [2.45, 2.75) is 39.0 Å². The zero-order valence-corrected chi connectivity index (χ0v) is 11.3. The molecule has 0 amide bonds. The molecule has 2 rings (SSSR count). The quantitative estimate of drug-likeness (QED) is 0.824. The SMILES string of the molecule is COC(=O)c1nc(C2CCCC2(C)C)sc1N. The third-order valence-corrected chi connectivity index (χ3v) is 4.60. The number of hydrogen-bond acceptors (Lipinski definition) is 5. The topological polar surface area (TPSA) is 65.2 Å². The normalized spacial score (nSPS) is 22.6. The minimum absolute atomic E-state index is 0.248. The van der Waals surface area contributed by atoms with Gasteiger partial charge >= 0.3 is 5.97 Å². The van der Waals surface area contributed by atoms with Crippen LogP contribution in [0, 0.1) is 5.41 Å². The summed E-state index contributed by atoms with van der Waals surface area (Å²) in [6.45, 7) is 4.50. The third kappa shape index (κ3) is 2.16. The van der Waals surface area contributed by atoms with Crippen molar-refractivity contribution >= 4 is 22.3 Å². The lowest BCUT2D eigenvalue weighted by Gasteiger charge is -2.24. The number of nitrogens with two attached hydrogens (primary N) is 1. The standard InChI is InChI=1S/C12H18N2O2S/c1-12(2)6-4-5-7(12)10-14-8(9(13)17-10)11(15)16-3/h7H,4-6,13H2,1-3H3. The molecule has 1 atom stereocenters. The minimum Gasteiger partial charge on any atom is -0.464 e. The number of nitrogen functional groups attached to an aromatic ring is 1. The summed E-state index contributed by atoms with van der Waals surface area (Å²) in [5.74, 6) is -0.0333. The van der Waals surface area contributed by atoms with Crippen molar-refractivity contribution in [3.05, 3.63) is 10.7 Å². The number of carbonyl (C=O) groups excluding carboxylic acids is 1. The highest BCUT2D eigenvalue weighted by molar-refractivity contribution is 7.16. The van der Waals surface area contributed by atoms with Crippen molar-refractivity contribution in [2.24, 2.45) is 5.41 Å². The lowest BCUT2D eigenvalue weighted by molar-refractivity contribution is 0.0595. The summed E-state index contributed by atoms with van der Waals surface area (Å²) in [7, 11) is 1.35. The lowest BCUT2D eigenvalue weighted by atomic mass is 9.82. The van der Waals surface area contributed by atoms with Crippen molar-refractivity contribution in [2.75, 3.05) is 12.8 Å². The van der Waals surface area contributed by atoms with E-state index >= 15 is 0 Å². The zero-order valence-electron chi connectivity index (χ0n) is 10.4. The number of nitrogens with zero attached hydrogens (tertiary/aromatic N) is 1. The van der Waals surface area contributed by atoms with Gasteiger partial charge in [0.1, 0.15) is 5.00 Å². The molecule has 0 bridgehead atoms. The van der Waals surface area contributed by atoms with E-state index in [0.717, 1.165) is 11.4 Å². The van der Waals surface area contributed by atoms with Crippen LogP contribution in [0.1, 0.15) is 54.5 Å². The van der Waals surface area contributed by atoms with E-state index < -0.39 is 5.97 Å². The first kappa shape index (κ1) is 12.4. The minimum atomic E-state index is -0.444. The van der Waals surface area contributed by atoms with E-state index in [9.17, 15) is 4.79 Å². The average molecular weight is 254 g/mol. The number of rotatable bonds is 2. The maximum atomic E-state index is 11.5. The molecule has 4 nitrogen and oxygen atoms in total. The van der Waals surface area contributed by atoms with E-state index in [2.05, 4.69) is 23.6 Å². The molecule has 1 unspecified atom stereocenters. The average Bonchev–Trinajstić information content (AvgIpc) is 2.80. The molecular weight excluding hydrogens is 236 g/mol. The van der Waals surface area contributed by atoms with Gasteiger partial charge in [-0.2, -0.15) is 0 Å². The van der Waals surface area contributed by atoms with Crippen molar-refractivity contribution in [3.8, 4) is 0 Å². The van der Waals surface area contributed by atoms with E-state index in [0.29, 0.717) is 10.9 Å². The molecule has 17 heavy (non-hydrogen) atoms. The molecule has 0 spiro atoms. The molecule has 0 aliphatic heterocycles. The fraction of sp³-hybridized carbons (Fsp3) is 0.667. The predicted molar refractivity (Wildman–Crippen MR) is 68.2 cm³/mol. The highest BCUT2D eigenvalue weighted by atomic mass is 32.1. The first-order valence-corrected chi connectivity index (χ1v) is 6.62. The molecule has 1 aromatic rings. The smallest absolute Gasteiger partial charge is 0.359 e. The van der Waals surface area contributed by atoms with Gasteiger partial charge in [-0.3, -0.25) is 0 Å². The van der Waals surface area contributed by atoms with Crippen LogP contribution in [0.15, 0.2) is 0 Å². The second-order valence-corrected chi connectivity index (χ2v) is 6.25. The van der Waals surface area contributed by atoms with Crippen molar-refractivity contribution < 1.29 is 9.53 Å². The summed E-state index contributed by atoms with van der Waals surface area (Å²) in [5, 5.41) is 1.44. The molecule has 94 valence electrons. The molecule has 0 radical (unpaired) electrons. The number of esters is 1. The predicted octanol–water partition coefficient (Wildman–Crippen LogP) is 2.81. The molecule has 5 heteroatoms. The number of methoxy groups -OCH3 is 1. The molecule has 1 heterocycles. The number of aromatic nitrogens is 1. The van der Waals surface area contributed by atoms with Crippen LogP contribution in [0.4, 0.5) is 5.00 Å². The van der Waals surface area contributed by atoms with E-state index in [4.69, 9.17) is 5.73 Å². The van der Waals surface area contributed by atoms with E-state index in [-0.39, 0.29) is 11.1 Å². The Kier molecular flexibility index (Phi) is 3.12. The maximum absolute atomic E-state index is 11.5. The molecule has 0 aromatic carbocycles. The molecular formula is C12H18N2O2S. The number of hydrogen-bond donors (Lipinski definition) is 1. The van der Waals surface area contributed by atoms with Crippen LogP contribution in [0.25, 0.3) is 0 Å². The van der Waals surface area contributed by atoms with Gasteiger partial charge in [-0.25, -0.2) is 9.78 Å². The van der Waals surface area contributed by atoms with Crippen LogP contribution in [-0.2, 0) is 4.74 Å². The molecule has 2 N–H and O–H groups in total. The first-order valence-electron chi connectivity index (χ1n) is 5.80. The van der Waals surface area contributed by atoms with Gasteiger partial charge in [0, 0.05) is 5.92 Å². The van der Waals surface area contributed by atoms with Gasteiger partial charge in [-0.1, -0.05) is 20.3 Å². The van der Waals surface area contributed by atoms with Gasteiger partial charge < -0.3 is 10.5 Å². The van der Waals surface area contributed by atoms with Crippen LogP contribution in [0.3, 0.4) is 0 Å². The summed E-state index contributed by atoms with van der Waals surface area (Å²) >= 11 is 1.42. The largest absolute Gasteiger partial charge is 0.464 e. The Labute approximate surface area is 105 Å². The monoisotopic (exact) mass is 254 g/mol. The van der Waals surface area contributed by atoms with Gasteiger partial charge in [0.25, 0.3) is 0 Å². The second-order valence-electron chi connectivity index (χ2n) is 5.19. The lowest BCUT2D eigenvalue weighted by Crippen LogP contribution is -2.15. The summed E-state index contributed by atoms with van der Waals surface area (Å²) in [6.07, 6.45) is 3.54. The van der Waals surface area contributed by atoms with Gasteiger partial charge in [0.15, 0.2) is 5.69 Å². The van der Waals surface area contributed by atoms with Crippen LogP contribution >= 0.6 is 11.3 Å². The number of carbonyl (C=O) groups is 1. The molecule has 1 saturated carbocycles. The highest BCUT2D eigenvalue weighted by Gasteiger charge is 2.38. The number of thiazole rings is 1. The molecule has 1 aromatic heterocycles. The van der Waals surface area contributed by atoms with Crippen LogP contribution in [0.5, 0.6) is 0 Å². The zero-order chi connectivity index (χ0) is 12.6. The number of ether oxygens (including phenoxy) is 1. The van der Waals surface area contributed by atoms with Crippen LogP contribution < -0.4 is 5.73 Å². The molecule has 1 aliphatic rings. The van der Waals surface area contributed by atoms with Gasteiger partial charge in [0.2, 0.25) is 0 Å². The van der Waals surface area contributed by atoms with Gasteiger partial charge in [-0.15, -0.1) is 11.3 Å². The van der Waals surface area contributed by atoms with E-state index in [1.807, 2.05) is 0 Å². The molecule has 0 saturated heterocycles. The van der Waals surface area contributed by atoms with Gasteiger partial charge in [-0.05, 0) is 18.3 Å². The van der Waals surface area contributed by atoms with Crippen molar-refractivity contribution in [1.82, 2.24) is 4.98 Å². The Morgan fingerprint density at radius 2 is 2.29 bits per heavy atom. The fourth-order valence-electron chi connectivity index (χ4n) is 2.53. The van der Waals surface area contributed by atoms with Gasteiger partial charge in [0.05, 0.1) is 12.1 Å². The Morgan fingerprint density at radius 3 is 2.82 bits per heavy atom. The Balaban J connectivity index is 2.32. The summed E-state index contributed by atoms with van der Waals surface area (Å²) in [5.41, 5.74) is 6.35. The summed E-state index contributed by atoms with van der Waals surface area (Å²) in [6, 6.07) is 0. The second kappa shape index (κ2) is 4.29. The Bertz CT molecular complexity index is 440. The van der Waals surface area contributed by atoms with E-state index in [1.54, 1.807) is 0 Å². The molecule has 1 fully saturated rings. The van der Waals surface area contributed by atoms with E-state index in [1.165, 1.54) is 31.3 Å². The Morgan fingerprint density at radius 1 is 1.59 bits per heavy atom. The third-order valence-electron chi connectivity index (χ3n) is 3.60. The number of anilines is 1. The summed E-state index contributed by atoms with van der Waals surface area (Å²) < 4.78 is 4.67. The van der Waals surface area contributed by atoms with Crippen LogP contribution in [0.2, 0.25) is 0 Å². The Hall–Kier alpha value is -1.10. The molecule has 1 aliphatic carbocycles. The van der Waals surface area contributed by atoms with Crippen LogP contribution in [-0.4, -0.2) is 18.1 Å². The van der Waals surface area contributed by atoms with Crippen molar-refractivity contribution in [3.63, 3.8) is 0 Å². The summed E-state index contributed by atoms with van der Waals surface area (Å²) in [4.78, 5) is 15.8. The van der Waals surface area contributed by atoms with Crippen molar-refractivity contribution in [1.29, 1.82) is 0 Å². The maximum Gasteiger partial charge on any atom is 0.359 e. The highest BCUT2D eigenvalue weighted by Crippen LogP contribution is 2.50.